The second-order valence-corrected chi connectivity index (χ2v) is 6.87. The molecular formula is C12H23NO4S. The van der Waals surface area contributed by atoms with Crippen LogP contribution in [0.25, 0.3) is 0 Å². The van der Waals surface area contributed by atoms with Gasteiger partial charge in [0.25, 0.3) is 0 Å². The third-order valence-electron chi connectivity index (χ3n) is 2.32. The fraction of sp³-hybridized carbons (Fsp3) is 0.833. The van der Waals surface area contributed by atoms with Crippen LogP contribution in [0.2, 0.25) is 0 Å². The second kappa shape index (κ2) is 6.31. The van der Waals surface area contributed by atoms with Gasteiger partial charge in [-0.3, -0.25) is 0 Å². The van der Waals surface area contributed by atoms with Gasteiger partial charge >= 0.3 is 12.1 Å². The Morgan fingerprint density at radius 2 is 1.67 bits per heavy atom. The van der Waals surface area contributed by atoms with E-state index in [4.69, 9.17) is 9.47 Å². The molecule has 1 atom stereocenters. The molecule has 106 valence electrons. The Labute approximate surface area is 113 Å². The Hall–Kier alpha value is -0.910. The van der Waals surface area contributed by atoms with Gasteiger partial charge in [0.1, 0.15) is 11.6 Å². The Bertz CT molecular complexity index is 310. The summed E-state index contributed by atoms with van der Waals surface area (Å²) in [7, 11) is 1.29. The number of nitrogens with one attached hydrogen (secondary N) is 1. The molecule has 0 aromatic carbocycles. The molecule has 0 heterocycles. The molecule has 0 aromatic heterocycles. The minimum atomic E-state index is -0.757. The molecular weight excluding hydrogens is 254 g/mol. The number of carbonyl (C=O) groups is 2. The number of esters is 1. The highest BCUT2D eigenvalue weighted by atomic mass is 32.2. The van der Waals surface area contributed by atoms with Crippen molar-refractivity contribution in [2.45, 2.75) is 51.0 Å². The predicted octanol–water partition coefficient (Wildman–Crippen LogP) is 2.19. The highest BCUT2D eigenvalue weighted by Gasteiger charge is 2.37. The number of ether oxygens (including phenoxy) is 2. The maximum atomic E-state index is 11.7. The molecule has 0 fully saturated rings. The third kappa shape index (κ3) is 5.62. The minimum absolute atomic E-state index is 0.482. The van der Waals surface area contributed by atoms with Crippen LogP contribution < -0.4 is 5.32 Å². The van der Waals surface area contributed by atoms with Gasteiger partial charge in [-0.15, -0.1) is 0 Å². The van der Waals surface area contributed by atoms with E-state index in [0.29, 0.717) is 0 Å². The quantitative estimate of drug-likeness (QED) is 0.798. The summed E-state index contributed by atoms with van der Waals surface area (Å²) in [5, 5.41) is 2.56. The first kappa shape index (κ1) is 17.1. The number of hydrogen-bond donors (Lipinski definition) is 1. The fourth-order valence-corrected chi connectivity index (χ4v) is 1.57. The lowest BCUT2D eigenvalue weighted by Gasteiger charge is -2.31. The van der Waals surface area contributed by atoms with Gasteiger partial charge in [0, 0.05) is 4.75 Å². The van der Waals surface area contributed by atoms with Crippen LogP contribution in [-0.4, -0.2) is 41.8 Å². The van der Waals surface area contributed by atoms with E-state index in [9.17, 15) is 9.59 Å². The number of methoxy groups -OCH3 is 1. The standard InChI is InChI=1S/C12H23NO4S/c1-11(2,3)17-10(15)13-8(9(14)16-6)12(4,5)18-7/h8H,1-7H3,(H,13,15)/t8-/m1/s1. The highest BCUT2D eigenvalue weighted by molar-refractivity contribution is 8.00. The molecule has 0 saturated heterocycles. The summed E-state index contributed by atoms with van der Waals surface area (Å²) >= 11 is 1.47. The molecule has 0 spiro atoms. The maximum absolute atomic E-state index is 11.7. The van der Waals surface area contributed by atoms with Crippen molar-refractivity contribution < 1.29 is 19.1 Å². The molecule has 0 bridgehead atoms. The van der Waals surface area contributed by atoms with Gasteiger partial charge in [-0.1, -0.05) is 0 Å². The molecule has 5 nitrogen and oxygen atoms in total. The number of alkyl carbamates (subject to hydrolysis) is 1. The van der Waals surface area contributed by atoms with Crippen LogP contribution in [0.5, 0.6) is 0 Å². The van der Waals surface area contributed by atoms with E-state index >= 15 is 0 Å². The maximum Gasteiger partial charge on any atom is 0.408 e. The van der Waals surface area contributed by atoms with Crippen LogP contribution in [-0.2, 0) is 14.3 Å². The number of rotatable bonds is 4. The average Bonchev–Trinajstić information content (AvgIpc) is 2.22. The number of amides is 1. The minimum Gasteiger partial charge on any atom is -0.467 e. The van der Waals surface area contributed by atoms with Crippen LogP contribution in [0.1, 0.15) is 34.6 Å². The molecule has 1 N–H and O–H groups in total. The van der Waals surface area contributed by atoms with Crippen LogP contribution >= 0.6 is 11.8 Å². The van der Waals surface area contributed by atoms with Crippen molar-refractivity contribution in [2.24, 2.45) is 0 Å². The van der Waals surface area contributed by atoms with Crippen LogP contribution in [0.4, 0.5) is 4.79 Å². The Morgan fingerprint density at radius 3 is 2.00 bits per heavy atom. The monoisotopic (exact) mass is 277 g/mol. The van der Waals surface area contributed by atoms with Gasteiger partial charge in [0.15, 0.2) is 0 Å². The zero-order valence-electron chi connectivity index (χ0n) is 12.1. The summed E-state index contributed by atoms with van der Waals surface area (Å²) in [5.41, 5.74) is -0.603. The highest BCUT2D eigenvalue weighted by Crippen LogP contribution is 2.26. The molecule has 0 unspecified atom stereocenters. The summed E-state index contributed by atoms with van der Waals surface area (Å²) in [6.07, 6.45) is 1.24. The SMILES string of the molecule is COC(=O)[C@@H](NC(=O)OC(C)(C)C)C(C)(C)SC. The molecule has 0 saturated carbocycles. The predicted molar refractivity (Wildman–Crippen MR) is 72.8 cm³/mol. The lowest BCUT2D eigenvalue weighted by molar-refractivity contribution is -0.143. The Balaban J connectivity index is 4.82. The van der Waals surface area contributed by atoms with Crippen molar-refractivity contribution in [3.05, 3.63) is 0 Å². The van der Waals surface area contributed by atoms with Gasteiger partial charge in [-0.05, 0) is 40.9 Å². The molecule has 6 heteroatoms. The Kier molecular flexibility index (Phi) is 5.99. The van der Waals surface area contributed by atoms with Crippen molar-refractivity contribution in [1.82, 2.24) is 5.32 Å². The number of carbonyl (C=O) groups excluding carboxylic acids is 2. The van der Waals surface area contributed by atoms with E-state index in [-0.39, 0.29) is 0 Å². The van der Waals surface area contributed by atoms with Crippen molar-refractivity contribution in [2.75, 3.05) is 13.4 Å². The Morgan fingerprint density at radius 1 is 1.17 bits per heavy atom. The molecule has 1 amide bonds. The van der Waals surface area contributed by atoms with E-state index in [1.807, 2.05) is 20.1 Å². The summed E-state index contributed by atoms with van der Waals surface area (Å²) < 4.78 is 9.36. The lowest BCUT2D eigenvalue weighted by atomic mass is 10.0. The first-order chi connectivity index (χ1) is 8.03. The second-order valence-electron chi connectivity index (χ2n) is 5.41. The van der Waals surface area contributed by atoms with Crippen molar-refractivity contribution >= 4 is 23.8 Å². The molecule has 0 aliphatic carbocycles. The molecule has 0 rings (SSSR count). The summed E-state index contributed by atoms with van der Waals surface area (Å²) in [6.45, 7) is 9.01. The van der Waals surface area contributed by atoms with Crippen LogP contribution in [0, 0.1) is 0 Å². The summed E-state index contributed by atoms with van der Waals surface area (Å²) in [6, 6.07) is -0.757. The zero-order valence-corrected chi connectivity index (χ0v) is 12.9. The van der Waals surface area contributed by atoms with Crippen molar-refractivity contribution in [3.63, 3.8) is 0 Å². The van der Waals surface area contributed by atoms with E-state index in [2.05, 4.69) is 5.32 Å². The van der Waals surface area contributed by atoms with E-state index in [0.717, 1.165) is 0 Å². The van der Waals surface area contributed by atoms with E-state index in [1.54, 1.807) is 20.8 Å². The third-order valence-corrected chi connectivity index (χ3v) is 3.61. The van der Waals surface area contributed by atoms with E-state index in [1.165, 1.54) is 18.9 Å². The van der Waals surface area contributed by atoms with Gasteiger partial charge in [-0.2, -0.15) is 11.8 Å². The topological polar surface area (TPSA) is 64.6 Å². The summed E-state index contributed by atoms with van der Waals surface area (Å²) in [5.74, 6) is -0.486. The van der Waals surface area contributed by atoms with Gasteiger partial charge < -0.3 is 14.8 Å². The van der Waals surface area contributed by atoms with Gasteiger partial charge in [-0.25, -0.2) is 9.59 Å². The van der Waals surface area contributed by atoms with Crippen LogP contribution in [0.3, 0.4) is 0 Å². The molecule has 0 aliphatic heterocycles. The molecule has 0 radical (unpaired) electrons. The number of hydrogen-bond acceptors (Lipinski definition) is 5. The van der Waals surface area contributed by atoms with Gasteiger partial charge in [0.2, 0.25) is 0 Å². The normalized spacial score (nSPS) is 13.7. The zero-order chi connectivity index (χ0) is 14.6. The number of thioether (sulfide) groups is 1. The summed E-state index contributed by atoms with van der Waals surface area (Å²) in [4.78, 5) is 23.4. The van der Waals surface area contributed by atoms with Crippen molar-refractivity contribution in [3.8, 4) is 0 Å². The largest absolute Gasteiger partial charge is 0.467 e. The van der Waals surface area contributed by atoms with Crippen molar-refractivity contribution in [1.29, 1.82) is 0 Å². The van der Waals surface area contributed by atoms with Crippen LogP contribution in [0.15, 0.2) is 0 Å². The smallest absolute Gasteiger partial charge is 0.408 e. The molecule has 0 aliphatic rings. The first-order valence-corrected chi connectivity index (χ1v) is 6.88. The van der Waals surface area contributed by atoms with E-state index < -0.39 is 28.5 Å². The van der Waals surface area contributed by atoms with Gasteiger partial charge in [0.05, 0.1) is 7.11 Å². The fourth-order valence-electron chi connectivity index (χ4n) is 1.18. The lowest BCUT2D eigenvalue weighted by Crippen LogP contribution is -2.53. The molecule has 18 heavy (non-hydrogen) atoms. The average molecular weight is 277 g/mol. The first-order valence-electron chi connectivity index (χ1n) is 5.66. The molecule has 0 aromatic rings.